The number of para-hydroxylation sites is 1. The zero-order chi connectivity index (χ0) is 20.5. The fourth-order valence-corrected chi connectivity index (χ4v) is 4.20. The lowest BCUT2D eigenvalue weighted by Crippen LogP contribution is -2.28. The normalized spacial score (nSPS) is 11.0. The molecule has 0 aliphatic heterocycles. The number of fused-ring (bicyclic) bond motifs is 1. The molecule has 0 N–H and O–H groups in total. The molecule has 6 heteroatoms. The SMILES string of the molecule is CN(Cc1cc(Cl)cc(Cl)c1)C(=O)c1cc2ccccc2n1-c1cccc(Cl)c1. The third kappa shape index (κ3) is 4.13. The van der Waals surface area contributed by atoms with Gasteiger partial charge in [-0.1, -0.05) is 59.1 Å². The van der Waals surface area contributed by atoms with Gasteiger partial charge in [0.05, 0.1) is 5.52 Å². The maximum absolute atomic E-state index is 13.4. The van der Waals surface area contributed by atoms with E-state index in [2.05, 4.69) is 0 Å². The molecule has 29 heavy (non-hydrogen) atoms. The van der Waals surface area contributed by atoms with Gasteiger partial charge in [-0.15, -0.1) is 0 Å². The van der Waals surface area contributed by atoms with E-state index in [1.54, 1.807) is 18.0 Å². The van der Waals surface area contributed by atoms with Crippen molar-refractivity contribution in [2.24, 2.45) is 0 Å². The van der Waals surface area contributed by atoms with Crippen molar-refractivity contribution < 1.29 is 4.79 Å². The predicted molar refractivity (Wildman–Crippen MR) is 121 cm³/mol. The van der Waals surface area contributed by atoms with Crippen LogP contribution in [-0.4, -0.2) is 22.4 Å². The molecular weight excluding hydrogens is 427 g/mol. The summed E-state index contributed by atoms with van der Waals surface area (Å²) in [5, 5.41) is 2.68. The van der Waals surface area contributed by atoms with E-state index in [-0.39, 0.29) is 5.91 Å². The standard InChI is InChI=1S/C23H17Cl3N2O/c1-27(14-15-9-18(25)12-19(26)10-15)23(29)22-11-16-5-2-3-8-21(16)28(22)20-7-4-6-17(24)13-20/h2-13H,14H2,1H3. The largest absolute Gasteiger partial charge is 0.336 e. The number of hydrogen-bond acceptors (Lipinski definition) is 1. The van der Waals surface area contributed by atoms with E-state index in [0.29, 0.717) is 27.3 Å². The quantitative estimate of drug-likeness (QED) is 0.338. The fraction of sp³-hybridized carbons (Fsp3) is 0.0870. The Bertz CT molecular complexity index is 1200. The Labute approximate surface area is 184 Å². The molecule has 1 amide bonds. The first-order valence-electron chi connectivity index (χ1n) is 8.99. The highest BCUT2D eigenvalue weighted by Gasteiger charge is 2.20. The lowest BCUT2D eigenvalue weighted by atomic mass is 10.2. The third-order valence-electron chi connectivity index (χ3n) is 4.69. The van der Waals surface area contributed by atoms with Crippen molar-refractivity contribution in [2.45, 2.75) is 6.54 Å². The zero-order valence-electron chi connectivity index (χ0n) is 15.6. The van der Waals surface area contributed by atoms with Gasteiger partial charge in [-0.25, -0.2) is 0 Å². The molecule has 0 aliphatic carbocycles. The molecule has 0 spiro atoms. The van der Waals surface area contributed by atoms with Gasteiger partial charge < -0.3 is 9.47 Å². The van der Waals surface area contributed by atoms with Gasteiger partial charge in [-0.3, -0.25) is 4.79 Å². The average Bonchev–Trinajstić information content (AvgIpc) is 3.06. The van der Waals surface area contributed by atoms with E-state index in [0.717, 1.165) is 22.2 Å². The molecule has 4 rings (SSSR count). The molecule has 0 unspecified atom stereocenters. The Morgan fingerprint density at radius 3 is 2.31 bits per heavy atom. The minimum absolute atomic E-state index is 0.114. The van der Waals surface area contributed by atoms with Gasteiger partial charge in [0.2, 0.25) is 0 Å². The number of aromatic nitrogens is 1. The number of nitrogens with zero attached hydrogens (tertiary/aromatic N) is 2. The van der Waals surface area contributed by atoms with Crippen LogP contribution in [-0.2, 0) is 6.54 Å². The topological polar surface area (TPSA) is 25.2 Å². The van der Waals surface area contributed by atoms with Crippen LogP contribution < -0.4 is 0 Å². The molecule has 0 saturated heterocycles. The molecule has 0 fully saturated rings. The van der Waals surface area contributed by atoms with Crippen LogP contribution in [0, 0.1) is 0 Å². The van der Waals surface area contributed by atoms with Crippen LogP contribution in [0.15, 0.2) is 72.8 Å². The van der Waals surface area contributed by atoms with E-state index in [4.69, 9.17) is 34.8 Å². The van der Waals surface area contributed by atoms with E-state index < -0.39 is 0 Å². The zero-order valence-corrected chi connectivity index (χ0v) is 17.8. The van der Waals surface area contributed by atoms with Crippen LogP contribution in [0.25, 0.3) is 16.6 Å². The number of carbonyl (C=O) groups excluding carboxylic acids is 1. The molecule has 0 aliphatic rings. The maximum atomic E-state index is 13.4. The van der Waals surface area contributed by atoms with E-state index in [9.17, 15) is 4.79 Å². The first-order chi connectivity index (χ1) is 13.9. The molecule has 0 bridgehead atoms. The highest BCUT2D eigenvalue weighted by molar-refractivity contribution is 6.34. The lowest BCUT2D eigenvalue weighted by molar-refractivity contribution is 0.0777. The predicted octanol–water partition coefficient (Wildman–Crippen LogP) is 6.86. The van der Waals surface area contributed by atoms with Crippen molar-refractivity contribution in [1.82, 2.24) is 9.47 Å². The van der Waals surface area contributed by atoms with Crippen molar-refractivity contribution in [2.75, 3.05) is 7.05 Å². The average molecular weight is 444 g/mol. The number of amides is 1. The minimum Gasteiger partial charge on any atom is -0.336 e. The van der Waals surface area contributed by atoms with Crippen molar-refractivity contribution in [1.29, 1.82) is 0 Å². The van der Waals surface area contributed by atoms with Gasteiger partial charge in [0.25, 0.3) is 5.91 Å². The molecule has 0 atom stereocenters. The number of hydrogen-bond donors (Lipinski definition) is 0. The van der Waals surface area contributed by atoms with Crippen LogP contribution in [0.5, 0.6) is 0 Å². The molecule has 3 nitrogen and oxygen atoms in total. The molecule has 0 saturated carbocycles. The van der Waals surface area contributed by atoms with Gasteiger partial charge in [0, 0.05) is 39.7 Å². The van der Waals surface area contributed by atoms with Crippen LogP contribution in [0.4, 0.5) is 0 Å². The van der Waals surface area contributed by atoms with Crippen LogP contribution in [0.1, 0.15) is 16.1 Å². The number of carbonyl (C=O) groups is 1. The summed E-state index contributed by atoms with van der Waals surface area (Å²) >= 11 is 18.4. The Balaban J connectivity index is 1.76. The smallest absolute Gasteiger partial charge is 0.270 e. The van der Waals surface area contributed by atoms with Crippen molar-refractivity contribution in [3.05, 3.63) is 99.1 Å². The second-order valence-corrected chi connectivity index (χ2v) is 8.15. The summed E-state index contributed by atoms with van der Waals surface area (Å²) in [5.74, 6) is -0.114. The van der Waals surface area contributed by atoms with Crippen molar-refractivity contribution in [3.63, 3.8) is 0 Å². The monoisotopic (exact) mass is 442 g/mol. The first kappa shape index (κ1) is 19.8. The highest BCUT2D eigenvalue weighted by Crippen LogP contribution is 2.27. The van der Waals surface area contributed by atoms with Gasteiger partial charge in [-0.05, 0) is 54.1 Å². The summed E-state index contributed by atoms with van der Waals surface area (Å²) in [6.07, 6.45) is 0. The van der Waals surface area contributed by atoms with Crippen molar-refractivity contribution >= 4 is 51.6 Å². The lowest BCUT2D eigenvalue weighted by Gasteiger charge is -2.19. The molecule has 4 aromatic rings. The summed E-state index contributed by atoms with van der Waals surface area (Å²) in [6, 6.07) is 22.6. The summed E-state index contributed by atoms with van der Waals surface area (Å²) in [6.45, 7) is 0.385. The van der Waals surface area contributed by atoms with Crippen molar-refractivity contribution in [3.8, 4) is 5.69 Å². The maximum Gasteiger partial charge on any atom is 0.270 e. The summed E-state index contributed by atoms with van der Waals surface area (Å²) < 4.78 is 1.94. The Morgan fingerprint density at radius 2 is 1.59 bits per heavy atom. The second kappa shape index (κ2) is 8.11. The van der Waals surface area contributed by atoms with Gasteiger partial charge in [-0.2, -0.15) is 0 Å². The fourth-order valence-electron chi connectivity index (χ4n) is 3.45. The Kier molecular flexibility index (Phi) is 5.55. The molecular formula is C23H17Cl3N2O. The number of benzene rings is 3. The summed E-state index contributed by atoms with van der Waals surface area (Å²) in [4.78, 5) is 15.0. The van der Waals surface area contributed by atoms with E-state index >= 15 is 0 Å². The van der Waals surface area contributed by atoms with Gasteiger partial charge >= 0.3 is 0 Å². The highest BCUT2D eigenvalue weighted by atomic mass is 35.5. The van der Waals surface area contributed by atoms with E-state index in [1.165, 1.54) is 0 Å². The van der Waals surface area contributed by atoms with Crippen LogP contribution in [0.3, 0.4) is 0 Å². The molecule has 1 aromatic heterocycles. The second-order valence-electron chi connectivity index (χ2n) is 6.84. The molecule has 3 aromatic carbocycles. The van der Waals surface area contributed by atoms with Gasteiger partial charge in [0.1, 0.15) is 5.69 Å². The minimum atomic E-state index is -0.114. The summed E-state index contributed by atoms with van der Waals surface area (Å²) in [5.41, 5.74) is 3.20. The van der Waals surface area contributed by atoms with E-state index in [1.807, 2.05) is 71.3 Å². The van der Waals surface area contributed by atoms with Gasteiger partial charge in [0.15, 0.2) is 0 Å². The third-order valence-corrected chi connectivity index (χ3v) is 5.36. The Hall–Kier alpha value is -2.46. The molecule has 146 valence electrons. The summed E-state index contributed by atoms with van der Waals surface area (Å²) in [7, 11) is 1.76. The molecule has 0 radical (unpaired) electrons. The van der Waals surface area contributed by atoms with Crippen LogP contribution in [0.2, 0.25) is 15.1 Å². The number of halogens is 3. The molecule has 1 heterocycles. The first-order valence-corrected chi connectivity index (χ1v) is 10.1. The van der Waals surface area contributed by atoms with Crippen LogP contribution >= 0.6 is 34.8 Å². The Morgan fingerprint density at radius 1 is 0.862 bits per heavy atom. The number of rotatable bonds is 4.